The Hall–Kier alpha value is -4.44. The summed E-state index contributed by atoms with van der Waals surface area (Å²) in [6, 6.07) is 0. The van der Waals surface area contributed by atoms with Crippen LogP contribution in [0.25, 0.3) is 0 Å². The highest BCUT2D eigenvalue weighted by atomic mass is 32.1. The molecular formula is C102H180N12O6S6. The lowest BCUT2D eigenvalue weighted by molar-refractivity contribution is 0.269. The third-order valence-corrected chi connectivity index (χ3v) is 26.0. The Bertz CT molecular complexity index is 4630. The Morgan fingerprint density at radius 2 is 0.373 bits per heavy atom. The zero-order valence-electron chi connectivity index (χ0n) is 86.7. The van der Waals surface area contributed by atoms with Gasteiger partial charge in [0.05, 0.1) is 34.1 Å². The first kappa shape index (κ1) is 120. The maximum Gasteiger partial charge on any atom is 0.204 e. The van der Waals surface area contributed by atoms with Crippen LogP contribution < -0.4 is 62.0 Å². The van der Waals surface area contributed by atoms with Crippen LogP contribution in [0.5, 0.6) is 0 Å². The first-order chi connectivity index (χ1) is 58.3. The summed E-state index contributed by atoms with van der Waals surface area (Å²) in [6.45, 7) is 76.9. The van der Waals surface area contributed by atoms with E-state index in [2.05, 4.69) is 295 Å². The fourth-order valence-electron chi connectivity index (χ4n) is 16.5. The van der Waals surface area contributed by atoms with Gasteiger partial charge in [-0.1, -0.05) is 253 Å². The van der Waals surface area contributed by atoms with Crippen LogP contribution in [0.4, 0.5) is 34.1 Å². The van der Waals surface area contributed by atoms with Crippen molar-refractivity contribution in [3.63, 3.8) is 0 Å². The van der Waals surface area contributed by atoms with Crippen LogP contribution in [0.15, 0.2) is 28.8 Å². The van der Waals surface area contributed by atoms with Gasteiger partial charge in [-0.05, 0) is 255 Å². The van der Waals surface area contributed by atoms with Crippen LogP contribution in [-0.4, -0.2) is 231 Å². The SMILES string of the molecule is CCCN(C)CCCCN(C)c1c(C(C)(C)C)c(=O)c1=S.CCCN(CC)CCCCN(C)c1c(C(C)(C)C)c(=O)c1=S.CCCN(CCC)CCCCN(C)c1c(C(C)(C)C)c(=O)c1=S.CCN(C)CCCCN(C)c1c(C(C)(C)C)c(=O)c1=S.CCN(CC)CCCCN(C)c1c(C(C)(C)C)c(=O)c1=S.CN(C)CCCCN(C)c1c(C(C)(C)C)c(=O)c1=S. The number of rotatable bonds is 48. The molecule has 0 aliphatic carbocycles. The Morgan fingerprint density at radius 1 is 0.198 bits per heavy atom. The third-order valence-electron chi connectivity index (χ3n) is 23.8. The van der Waals surface area contributed by atoms with E-state index in [0.717, 1.165) is 217 Å². The van der Waals surface area contributed by atoms with E-state index >= 15 is 0 Å². The molecule has 18 nitrogen and oxygen atoms in total. The van der Waals surface area contributed by atoms with Gasteiger partial charge in [0.1, 0.15) is 27.1 Å². The van der Waals surface area contributed by atoms with Crippen molar-refractivity contribution in [2.75, 3.05) is 231 Å². The first-order valence-corrected chi connectivity index (χ1v) is 50.2. The van der Waals surface area contributed by atoms with Crippen LogP contribution in [0.1, 0.15) is 316 Å². The van der Waals surface area contributed by atoms with Gasteiger partial charge in [0.15, 0.2) is 0 Å². The lowest BCUT2D eigenvalue weighted by Crippen LogP contribution is -2.35. The summed E-state index contributed by atoms with van der Waals surface area (Å²) < 4.78 is 3.12. The standard InChI is InChI=1S/C19H34N2OS.C18H32N2OS.2C17H30N2OS.C16H28N2OS.C15H26N2OS/c1-7-11-21(12-8-2)14-10-9-13-20(6)16-15(19(3,4)5)17(22)18(16)23;1-7-11-20(8-2)13-10-9-12-19(6)15-14(18(3,4)5)16(21)17(15)22;1-7-10-18(5)11-8-9-12-19(6)14-13(17(2,3)4)15(20)16(14)21;1-7-19(8-2)12-10-9-11-18(6)14-13(17(3,4)5)15(20)16(14)21;1-7-17(5)10-8-9-11-18(6)13-12(16(2,3)4)14(19)15(13)20;1-15(2,3)11-12(14(19)13(11)18)17(6)10-8-7-9-16(4)5/h7-14H2,1-6H3;7-13H2,1-6H3;2*7-12H2,1-6H3;7-11H2,1-6H3;7-10H2,1-6H3. The van der Waals surface area contributed by atoms with Gasteiger partial charge < -0.3 is 58.8 Å². The van der Waals surface area contributed by atoms with E-state index in [1.807, 2.05) is 14.1 Å². The zero-order valence-corrected chi connectivity index (χ0v) is 91.6. The number of unbranched alkanes of at least 4 members (excludes halogenated alkanes) is 6. The molecule has 6 aromatic rings. The lowest BCUT2D eigenvalue weighted by atomic mass is 9.82. The molecular weight excluding hydrogens is 1680 g/mol. The molecule has 0 radical (unpaired) electrons. The summed E-state index contributed by atoms with van der Waals surface area (Å²) in [4.78, 5) is 99.3. The summed E-state index contributed by atoms with van der Waals surface area (Å²) in [5.41, 5.74) is 11.1. The highest BCUT2D eigenvalue weighted by molar-refractivity contribution is 7.72. The normalized spacial score (nSPS) is 12.3. The van der Waals surface area contributed by atoms with Crippen LogP contribution in [0.3, 0.4) is 0 Å². The van der Waals surface area contributed by atoms with Crippen molar-refractivity contribution in [3.8, 4) is 0 Å². The molecule has 0 saturated heterocycles. The summed E-state index contributed by atoms with van der Waals surface area (Å²) in [5, 5.41) is 0. The van der Waals surface area contributed by atoms with Gasteiger partial charge in [0.25, 0.3) is 0 Å². The Morgan fingerprint density at radius 3 is 0.563 bits per heavy atom. The minimum absolute atomic E-state index is 0.0673. The highest BCUT2D eigenvalue weighted by Crippen LogP contribution is 2.38. The fourth-order valence-corrected chi connectivity index (χ4v) is 18.7. The Labute approximate surface area is 798 Å². The third kappa shape index (κ3) is 36.8. The smallest absolute Gasteiger partial charge is 0.204 e. The van der Waals surface area contributed by atoms with Crippen molar-refractivity contribution in [3.05, 3.63) is 122 Å². The summed E-state index contributed by atoms with van der Waals surface area (Å²) in [5.74, 6) is 0. The van der Waals surface area contributed by atoms with Gasteiger partial charge in [-0.25, -0.2) is 0 Å². The molecule has 0 N–H and O–H groups in total. The second-order valence-corrected chi connectivity index (χ2v) is 44.3. The van der Waals surface area contributed by atoms with E-state index in [0.29, 0.717) is 27.1 Å². The van der Waals surface area contributed by atoms with E-state index in [4.69, 9.17) is 73.3 Å². The van der Waals surface area contributed by atoms with E-state index in [1.54, 1.807) is 0 Å². The molecule has 126 heavy (non-hydrogen) atoms. The van der Waals surface area contributed by atoms with Crippen molar-refractivity contribution < 1.29 is 0 Å². The molecule has 24 heteroatoms. The van der Waals surface area contributed by atoms with Gasteiger partial charge in [0.2, 0.25) is 32.6 Å². The van der Waals surface area contributed by atoms with Crippen LogP contribution in [0, 0.1) is 27.1 Å². The zero-order chi connectivity index (χ0) is 97.2. The molecule has 0 heterocycles. The largest absolute Gasteiger partial charge is 0.373 e. The molecule has 0 bridgehead atoms. The van der Waals surface area contributed by atoms with Crippen LogP contribution >= 0.6 is 73.3 Å². The van der Waals surface area contributed by atoms with Gasteiger partial charge in [0, 0.05) is 115 Å². The van der Waals surface area contributed by atoms with Gasteiger partial charge in [-0.2, -0.15) is 0 Å². The number of hydrogen-bond donors (Lipinski definition) is 0. The van der Waals surface area contributed by atoms with E-state index in [9.17, 15) is 28.8 Å². The minimum atomic E-state index is -0.123. The predicted octanol–water partition coefficient (Wildman–Crippen LogP) is 21.0. The Balaban J connectivity index is 0.000000757. The summed E-state index contributed by atoms with van der Waals surface area (Å²) in [7, 11) is 20.8. The molecule has 0 amide bonds. The highest BCUT2D eigenvalue weighted by Gasteiger charge is 2.36. The monoisotopic (exact) mass is 1860 g/mol. The molecule has 0 unspecified atom stereocenters. The van der Waals surface area contributed by atoms with E-state index in [-0.39, 0.29) is 65.1 Å². The van der Waals surface area contributed by atoms with Crippen LogP contribution in [-0.2, 0) is 32.5 Å². The first-order valence-electron chi connectivity index (χ1n) is 47.7. The van der Waals surface area contributed by atoms with Crippen molar-refractivity contribution in [2.45, 2.75) is 315 Å². The molecule has 0 aromatic heterocycles. The average molecular weight is 1860 g/mol. The molecule has 0 fully saturated rings. The van der Waals surface area contributed by atoms with Gasteiger partial charge >= 0.3 is 0 Å². The minimum Gasteiger partial charge on any atom is -0.373 e. The van der Waals surface area contributed by atoms with Crippen molar-refractivity contribution in [2.24, 2.45) is 0 Å². The molecule has 0 aliphatic rings. The van der Waals surface area contributed by atoms with Crippen molar-refractivity contribution in [1.82, 2.24) is 29.4 Å². The average Bonchev–Trinajstić information content (AvgIpc) is 0.781. The summed E-state index contributed by atoms with van der Waals surface area (Å²) in [6.07, 6.45) is 18.7. The molecule has 6 rings (SSSR count). The van der Waals surface area contributed by atoms with Gasteiger partial charge in [-0.3, -0.25) is 28.8 Å². The second-order valence-electron chi connectivity index (χ2n) is 41.9. The Kier molecular flexibility index (Phi) is 53.1. The second kappa shape index (κ2) is 55.9. The molecule has 0 atom stereocenters. The molecule has 720 valence electrons. The lowest BCUT2D eigenvalue weighted by Gasteiger charge is -2.31. The molecule has 0 aliphatic heterocycles. The van der Waals surface area contributed by atoms with Gasteiger partial charge in [-0.15, -0.1) is 0 Å². The van der Waals surface area contributed by atoms with E-state index in [1.165, 1.54) is 84.0 Å². The number of anilines is 6. The maximum atomic E-state index is 12.1. The van der Waals surface area contributed by atoms with Crippen LogP contribution in [0.2, 0.25) is 0 Å². The number of hydrogen-bond acceptors (Lipinski definition) is 24. The summed E-state index contributed by atoms with van der Waals surface area (Å²) >= 11 is 31.5. The van der Waals surface area contributed by atoms with Crippen molar-refractivity contribution >= 4 is 107 Å². The topological polar surface area (TPSA) is 141 Å². The fraction of sp³-hybridized carbons (Fsp3) is 0.765. The molecule has 0 spiro atoms. The van der Waals surface area contributed by atoms with Crippen molar-refractivity contribution in [1.29, 1.82) is 0 Å². The maximum absolute atomic E-state index is 12.1. The quantitative estimate of drug-likeness (QED) is 0.0264. The molecule has 6 aromatic carbocycles. The predicted molar refractivity (Wildman–Crippen MR) is 569 cm³/mol. The number of nitrogens with zero attached hydrogens (tertiary/aromatic N) is 12. The van der Waals surface area contributed by atoms with E-state index < -0.39 is 0 Å². The molecule has 0 saturated carbocycles.